The summed E-state index contributed by atoms with van der Waals surface area (Å²) >= 11 is 0. The molecule has 1 atom stereocenters. The number of esters is 1. The molecule has 1 amide bonds. The first-order valence-corrected chi connectivity index (χ1v) is 9.10. The zero-order chi connectivity index (χ0) is 19.6. The zero-order valence-corrected chi connectivity index (χ0v) is 15.8. The minimum atomic E-state index is -0.915. The highest BCUT2D eigenvalue weighted by atomic mass is 16.5. The van der Waals surface area contributed by atoms with Gasteiger partial charge in [-0.25, -0.2) is 4.79 Å². The van der Waals surface area contributed by atoms with E-state index in [-0.39, 0.29) is 11.7 Å². The summed E-state index contributed by atoms with van der Waals surface area (Å²) < 4.78 is 5.43. The predicted octanol–water partition coefficient (Wildman–Crippen LogP) is 3.86. The number of Topliss-reactive ketones (excluding diaryl/α,β-unsaturated/α-hetero) is 1. The Morgan fingerprint density at radius 2 is 1.81 bits per heavy atom. The van der Waals surface area contributed by atoms with E-state index in [1.165, 1.54) is 0 Å². The molecule has 1 saturated heterocycles. The van der Waals surface area contributed by atoms with Crippen molar-refractivity contribution in [2.24, 2.45) is 0 Å². The summed E-state index contributed by atoms with van der Waals surface area (Å²) in [5.74, 6) is -0.856. The van der Waals surface area contributed by atoms with Crippen molar-refractivity contribution < 1.29 is 19.1 Å². The van der Waals surface area contributed by atoms with Crippen molar-refractivity contribution in [3.8, 4) is 0 Å². The van der Waals surface area contributed by atoms with Gasteiger partial charge in [0.15, 0.2) is 6.10 Å². The Kier molecular flexibility index (Phi) is 5.40. The number of benzene rings is 2. The number of ketones is 1. The molecule has 0 unspecified atom stereocenters. The van der Waals surface area contributed by atoms with E-state index in [9.17, 15) is 14.4 Å². The Labute approximate surface area is 158 Å². The topological polar surface area (TPSA) is 63.7 Å². The van der Waals surface area contributed by atoms with Crippen LogP contribution in [0, 0.1) is 13.8 Å². The van der Waals surface area contributed by atoms with E-state index in [0.29, 0.717) is 29.8 Å². The van der Waals surface area contributed by atoms with Gasteiger partial charge in [-0.05, 0) is 56.5 Å². The molecule has 1 aliphatic rings. The average molecular weight is 365 g/mol. The van der Waals surface area contributed by atoms with Crippen LogP contribution in [-0.4, -0.2) is 30.3 Å². The largest absolute Gasteiger partial charge is 0.451 e. The number of carbonyl (C=O) groups is 3. The van der Waals surface area contributed by atoms with Crippen molar-refractivity contribution in [1.29, 1.82) is 0 Å². The fraction of sp³-hybridized carbons (Fsp3) is 0.318. The molecule has 0 aromatic heterocycles. The van der Waals surface area contributed by atoms with Crippen LogP contribution in [0.3, 0.4) is 0 Å². The van der Waals surface area contributed by atoms with Crippen LogP contribution in [0.2, 0.25) is 0 Å². The van der Waals surface area contributed by atoms with Gasteiger partial charge in [-0.1, -0.05) is 24.3 Å². The number of aryl methyl sites for hydroxylation is 2. The molecule has 0 aliphatic carbocycles. The molecule has 5 heteroatoms. The first-order valence-electron chi connectivity index (χ1n) is 9.10. The lowest BCUT2D eigenvalue weighted by Crippen LogP contribution is -2.28. The van der Waals surface area contributed by atoms with Crippen LogP contribution in [0.15, 0.2) is 42.5 Å². The van der Waals surface area contributed by atoms with Crippen molar-refractivity contribution in [2.75, 3.05) is 11.4 Å². The van der Waals surface area contributed by atoms with Gasteiger partial charge in [0.25, 0.3) is 0 Å². The maximum absolute atomic E-state index is 12.7. The highest BCUT2D eigenvalue weighted by Crippen LogP contribution is 2.26. The molecule has 27 heavy (non-hydrogen) atoms. The molecule has 0 radical (unpaired) electrons. The van der Waals surface area contributed by atoms with E-state index in [2.05, 4.69) is 0 Å². The van der Waals surface area contributed by atoms with Crippen LogP contribution in [-0.2, 0) is 9.53 Å². The average Bonchev–Trinajstić information content (AvgIpc) is 3.09. The Morgan fingerprint density at radius 3 is 2.48 bits per heavy atom. The fourth-order valence-electron chi connectivity index (χ4n) is 3.19. The van der Waals surface area contributed by atoms with E-state index < -0.39 is 12.1 Å². The fourth-order valence-corrected chi connectivity index (χ4v) is 3.19. The van der Waals surface area contributed by atoms with Gasteiger partial charge >= 0.3 is 5.97 Å². The molecular formula is C22H23NO4. The number of para-hydroxylation sites is 1. The third-order valence-electron chi connectivity index (χ3n) is 4.93. The smallest absolute Gasteiger partial charge is 0.340 e. The minimum Gasteiger partial charge on any atom is -0.451 e. The van der Waals surface area contributed by atoms with E-state index in [1.54, 1.807) is 48.2 Å². The highest BCUT2D eigenvalue weighted by molar-refractivity contribution is 6.05. The Hall–Kier alpha value is -2.95. The number of anilines is 1. The standard InChI is InChI=1S/C22H23NO4/c1-14-10-11-17(13-15(14)2)21(25)16(3)27-22(26)18-7-4-5-8-19(18)23-12-6-9-20(23)24/h4-5,7-8,10-11,13,16H,6,9,12H2,1-3H3/t16-/m0/s1. The summed E-state index contributed by atoms with van der Waals surface area (Å²) in [7, 11) is 0. The third kappa shape index (κ3) is 3.92. The van der Waals surface area contributed by atoms with Crippen LogP contribution in [0.25, 0.3) is 0 Å². The molecule has 0 bridgehead atoms. The Morgan fingerprint density at radius 1 is 1.07 bits per heavy atom. The summed E-state index contributed by atoms with van der Waals surface area (Å²) in [4.78, 5) is 39.0. The first kappa shape index (κ1) is 18.8. The highest BCUT2D eigenvalue weighted by Gasteiger charge is 2.28. The second-order valence-electron chi connectivity index (χ2n) is 6.88. The van der Waals surface area contributed by atoms with Crippen LogP contribution in [0.5, 0.6) is 0 Å². The molecule has 2 aromatic rings. The third-order valence-corrected chi connectivity index (χ3v) is 4.93. The van der Waals surface area contributed by atoms with Crippen LogP contribution < -0.4 is 4.90 Å². The number of hydrogen-bond acceptors (Lipinski definition) is 4. The minimum absolute atomic E-state index is 0.00509. The normalized spacial score (nSPS) is 14.9. The van der Waals surface area contributed by atoms with Gasteiger partial charge in [0.2, 0.25) is 11.7 Å². The number of nitrogens with zero attached hydrogens (tertiary/aromatic N) is 1. The molecule has 3 rings (SSSR count). The molecule has 5 nitrogen and oxygen atoms in total. The van der Waals surface area contributed by atoms with E-state index in [4.69, 9.17) is 4.74 Å². The lowest BCUT2D eigenvalue weighted by Gasteiger charge is -2.20. The number of amides is 1. The molecule has 1 aliphatic heterocycles. The molecule has 0 N–H and O–H groups in total. The van der Waals surface area contributed by atoms with Gasteiger partial charge in [0.1, 0.15) is 0 Å². The van der Waals surface area contributed by atoms with Gasteiger partial charge in [-0.2, -0.15) is 0 Å². The van der Waals surface area contributed by atoms with Crippen LogP contribution >= 0.6 is 0 Å². The molecule has 140 valence electrons. The summed E-state index contributed by atoms with van der Waals surface area (Å²) in [5, 5.41) is 0. The summed E-state index contributed by atoms with van der Waals surface area (Å²) in [6, 6.07) is 12.3. The van der Waals surface area contributed by atoms with Crippen molar-refractivity contribution in [2.45, 2.75) is 39.7 Å². The Bertz CT molecular complexity index is 903. The number of carbonyl (C=O) groups excluding carboxylic acids is 3. The van der Waals surface area contributed by atoms with E-state index in [0.717, 1.165) is 17.5 Å². The molecule has 0 saturated carbocycles. The van der Waals surface area contributed by atoms with Crippen molar-refractivity contribution in [3.05, 3.63) is 64.7 Å². The second kappa shape index (κ2) is 7.74. The maximum atomic E-state index is 12.7. The summed E-state index contributed by atoms with van der Waals surface area (Å²) in [6.45, 7) is 6.06. The van der Waals surface area contributed by atoms with Crippen molar-refractivity contribution >= 4 is 23.3 Å². The van der Waals surface area contributed by atoms with E-state index in [1.807, 2.05) is 19.9 Å². The van der Waals surface area contributed by atoms with Gasteiger partial charge in [0, 0.05) is 18.5 Å². The van der Waals surface area contributed by atoms with E-state index >= 15 is 0 Å². The zero-order valence-electron chi connectivity index (χ0n) is 15.8. The molecular weight excluding hydrogens is 342 g/mol. The first-order chi connectivity index (χ1) is 12.9. The van der Waals surface area contributed by atoms with Gasteiger partial charge in [-0.3, -0.25) is 9.59 Å². The second-order valence-corrected chi connectivity index (χ2v) is 6.88. The monoisotopic (exact) mass is 365 g/mol. The van der Waals surface area contributed by atoms with Crippen LogP contribution in [0.4, 0.5) is 5.69 Å². The molecule has 1 fully saturated rings. The van der Waals surface area contributed by atoms with Crippen LogP contribution in [0.1, 0.15) is 51.6 Å². The lowest BCUT2D eigenvalue weighted by atomic mass is 10.0. The molecule has 0 spiro atoms. The van der Waals surface area contributed by atoms with Gasteiger partial charge < -0.3 is 9.64 Å². The number of ether oxygens (including phenoxy) is 1. The summed E-state index contributed by atoms with van der Waals surface area (Å²) in [6.07, 6.45) is 0.330. The number of hydrogen-bond donors (Lipinski definition) is 0. The maximum Gasteiger partial charge on any atom is 0.340 e. The van der Waals surface area contributed by atoms with Crippen molar-refractivity contribution in [1.82, 2.24) is 0 Å². The molecule has 1 heterocycles. The predicted molar refractivity (Wildman–Crippen MR) is 103 cm³/mol. The van der Waals surface area contributed by atoms with Crippen molar-refractivity contribution in [3.63, 3.8) is 0 Å². The van der Waals surface area contributed by atoms with Gasteiger partial charge in [0.05, 0.1) is 11.3 Å². The Balaban J connectivity index is 1.78. The molecule has 2 aromatic carbocycles. The van der Waals surface area contributed by atoms with Gasteiger partial charge in [-0.15, -0.1) is 0 Å². The SMILES string of the molecule is Cc1ccc(C(=O)[C@H](C)OC(=O)c2ccccc2N2CCCC2=O)cc1C. The lowest BCUT2D eigenvalue weighted by molar-refractivity contribution is -0.117. The summed E-state index contributed by atoms with van der Waals surface area (Å²) in [5.41, 5.74) is 3.46. The number of rotatable bonds is 5. The quantitative estimate of drug-likeness (QED) is 0.596.